The number of halogens is 1. The Labute approximate surface area is 109 Å². The lowest BCUT2D eigenvalue weighted by Crippen LogP contribution is -2.00. The smallest absolute Gasteiger partial charge is 0.123 e. The molecule has 0 saturated heterocycles. The number of hydrogen-bond donors (Lipinski definition) is 0. The van der Waals surface area contributed by atoms with Gasteiger partial charge in [-0.25, -0.2) is 4.39 Å². The van der Waals surface area contributed by atoms with E-state index in [4.69, 9.17) is 0 Å². The minimum atomic E-state index is -0.216. The van der Waals surface area contributed by atoms with E-state index >= 15 is 0 Å². The minimum Gasteiger partial charge on any atom is -0.303 e. The van der Waals surface area contributed by atoms with E-state index in [0.717, 1.165) is 24.7 Å². The number of rotatable bonds is 9. The highest BCUT2D eigenvalue weighted by molar-refractivity contribution is 5.51. The second-order valence-electron chi connectivity index (χ2n) is 4.85. The molecular formula is C16H23FO. The summed E-state index contributed by atoms with van der Waals surface area (Å²) >= 11 is 0. The van der Waals surface area contributed by atoms with Crippen LogP contribution < -0.4 is 0 Å². The topological polar surface area (TPSA) is 17.1 Å². The summed E-state index contributed by atoms with van der Waals surface area (Å²) in [5, 5.41) is 0. The Bertz CT molecular complexity index is 331. The maximum atomic E-state index is 12.9. The van der Waals surface area contributed by atoms with E-state index in [-0.39, 0.29) is 11.7 Å². The van der Waals surface area contributed by atoms with Crippen LogP contribution in [0.15, 0.2) is 24.3 Å². The molecule has 1 atom stereocenters. The van der Waals surface area contributed by atoms with Crippen LogP contribution in [0.5, 0.6) is 0 Å². The first kappa shape index (κ1) is 14.9. The molecule has 1 unspecified atom stereocenters. The van der Waals surface area contributed by atoms with Crippen molar-refractivity contribution in [3.05, 3.63) is 35.6 Å². The normalized spacial score (nSPS) is 12.3. The van der Waals surface area contributed by atoms with Gasteiger partial charge in [-0.3, -0.25) is 0 Å². The zero-order valence-electron chi connectivity index (χ0n) is 11.2. The Balaban J connectivity index is 2.44. The van der Waals surface area contributed by atoms with E-state index in [0.29, 0.717) is 6.42 Å². The molecule has 0 heterocycles. The predicted octanol–water partition coefficient (Wildman–Crippen LogP) is 4.86. The number of benzene rings is 1. The number of hydrogen-bond acceptors (Lipinski definition) is 1. The average Bonchev–Trinajstić information content (AvgIpc) is 2.38. The Morgan fingerprint density at radius 2 is 1.78 bits per heavy atom. The van der Waals surface area contributed by atoms with E-state index in [9.17, 15) is 9.18 Å². The van der Waals surface area contributed by atoms with Crippen LogP contribution in [0.1, 0.15) is 63.4 Å². The quantitative estimate of drug-likeness (QED) is 0.452. The molecule has 0 aliphatic heterocycles. The van der Waals surface area contributed by atoms with Gasteiger partial charge in [-0.1, -0.05) is 51.2 Å². The van der Waals surface area contributed by atoms with Gasteiger partial charge in [0.15, 0.2) is 0 Å². The molecule has 0 aliphatic carbocycles. The van der Waals surface area contributed by atoms with Gasteiger partial charge in [-0.05, 0) is 30.0 Å². The van der Waals surface area contributed by atoms with Crippen molar-refractivity contribution >= 4 is 6.29 Å². The maximum absolute atomic E-state index is 12.9. The molecule has 2 heteroatoms. The summed E-state index contributed by atoms with van der Waals surface area (Å²) in [5.41, 5.74) is 1.08. The highest BCUT2D eigenvalue weighted by Gasteiger charge is 2.10. The summed E-state index contributed by atoms with van der Waals surface area (Å²) in [6, 6.07) is 6.56. The molecule has 0 saturated carbocycles. The summed E-state index contributed by atoms with van der Waals surface area (Å²) < 4.78 is 12.9. The Kier molecular flexibility index (Phi) is 7.31. The average molecular weight is 250 g/mol. The Morgan fingerprint density at radius 3 is 2.39 bits per heavy atom. The standard InChI is InChI=1S/C16H23FO/c1-2-3-4-5-6-7-14(12-13-18)15-8-10-16(17)11-9-15/h8-11,13-14H,2-7,12H2,1H3. The molecule has 1 aromatic carbocycles. The van der Waals surface area contributed by atoms with Crippen molar-refractivity contribution in [1.29, 1.82) is 0 Å². The molecular weight excluding hydrogens is 227 g/mol. The molecule has 0 fully saturated rings. The SMILES string of the molecule is CCCCCCCC(CC=O)c1ccc(F)cc1. The number of aldehydes is 1. The molecule has 0 aliphatic rings. The first-order chi connectivity index (χ1) is 8.77. The molecule has 0 radical (unpaired) electrons. The predicted molar refractivity (Wildman–Crippen MR) is 73.2 cm³/mol. The van der Waals surface area contributed by atoms with Crippen molar-refractivity contribution in [3.63, 3.8) is 0 Å². The lowest BCUT2D eigenvalue weighted by molar-refractivity contribution is -0.108. The third-order valence-corrected chi connectivity index (χ3v) is 3.38. The van der Waals surface area contributed by atoms with Crippen molar-refractivity contribution in [2.45, 2.75) is 57.8 Å². The van der Waals surface area contributed by atoms with Crippen molar-refractivity contribution < 1.29 is 9.18 Å². The summed E-state index contributed by atoms with van der Waals surface area (Å²) in [7, 11) is 0. The van der Waals surface area contributed by atoms with E-state index in [1.807, 2.05) is 0 Å². The van der Waals surface area contributed by atoms with Gasteiger partial charge < -0.3 is 4.79 Å². The molecule has 1 aromatic rings. The molecule has 0 N–H and O–H groups in total. The summed E-state index contributed by atoms with van der Waals surface area (Å²) in [6.45, 7) is 2.20. The largest absolute Gasteiger partial charge is 0.303 e. The van der Waals surface area contributed by atoms with Crippen LogP contribution >= 0.6 is 0 Å². The minimum absolute atomic E-state index is 0.216. The highest BCUT2D eigenvalue weighted by atomic mass is 19.1. The van der Waals surface area contributed by atoms with Gasteiger partial charge in [0.05, 0.1) is 0 Å². The van der Waals surface area contributed by atoms with Crippen LogP contribution in [0.3, 0.4) is 0 Å². The second kappa shape index (κ2) is 8.84. The molecule has 1 rings (SSSR count). The monoisotopic (exact) mass is 250 g/mol. The Morgan fingerprint density at radius 1 is 1.11 bits per heavy atom. The molecule has 1 nitrogen and oxygen atoms in total. The molecule has 0 bridgehead atoms. The number of carbonyl (C=O) groups is 1. The van der Waals surface area contributed by atoms with Gasteiger partial charge in [0, 0.05) is 6.42 Å². The fourth-order valence-corrected chi connectivity index (χ4v) is 2.27. The van der Waals surface area contributed by atoms with E-state index < -0.39 is 0 Å². The van der Waals surface area contributed by atoms with Crippen molar-refractivity contribution in [2.75, 3.05) is 0 Å². The van der Waals surface area contributed by atoms with Gasteiger partial charge in [0.1, 0.15) is 12.1 Å². The van der Waals surface area contributed by atoms with Crippen molar-refractivity contribution in [1.82, 2.24) is 0 Å². The zero-order chi connectivity index (χ0) is 13.2. The first-order valence-electron chi connectivity index (χ1n) is 6.97. The van der Waals surface area contributed by atoms with E-state index in [2.05, 4.69) is 6.92 Å². The van der Waals surface area contributed by atoms with Gasteiger partial charge in [0.2, 0.25) is 0 Å². The number of carbonyl (C=O) groups excluding carboxylic acids is 1. The fraction of sp³-hybridized carbons (Fsp3) is 0.562. The highest BCUT2D eigenvalue weighted by Crippen LogP contribution is 2.25. The fourth-order valence-electron chi connectivity index (χ4n) is 2.27. The van der Waals surface area contributed by atoms with Crippen LogP contribution in [-0.2, 0) is 4.79 Å². The maximum Gasteiger partial charge on any atom is 0.123 e. The molecule has 100 valence electrons. The molecule has 0 spiro atoms. The van der Waals surface area contributed by atoms with E-state index in [1.54, 1.807) is 12.1 Å². The van der Waals surface area contributed by atoms with Crippen LogP contribution in [-0.4, -0.2) is 6.29 Å². The van der Waals surface area contributed by atoms with Crippen molar-refractivity contribution in [3.8, 4) is 0 Å². The molecule has 18 heavy (non-hydrogen) atoms. The van der Waals surface area contributed by atoms with Crippen molar-refractivity contribution in [2.24, 2.45) is 0 Å². The van der Waals surface area contributed by atoms with Crippen LogP contribution in [0, 0.1) is 5.82 Å². The van der Waals surface area contributed by atoms with Gasteiger partial charge in [-0.2, -0.15) is 0 Å². The van der Waals surface area contributed by atoms with E-state index in [1.165, 1.54) is 37.8 Å². The van der Waals surface area contributed by atoms with Gasteiger partial charge >= 0.3 is 0 Å². The summed E-state index contributed by atoms with van der Waals surface area (Å²) in [5.74, 6) is 0.0382. The third-order valence-electron chi connectivity index (χ3n) is 3.38. The van der Waals surface area contributed by atoms with Crippen LogP contribution in [0.2, 0.25) is 0 Å². The molecule has 0 aromatic heterocycles. The summed E-state index contributed by atoms with van der Waals surface area (Å²) in [4.78, 5) is 10.7. The lowest BCUT2D eigenvalue weighted by atomic mass is 9.90. The third kappa shape index (κ3) is 5.44. The molecule has 0 amide bonds. The van der Waals surface area contributed by atoms with Crippen LogP contribution in [0.4, 0.5) is 4.39 Å². The first-order valence-corrected chi connectivity index (χ1v) is 6.97. The zero-order valence-corrected chi connectivity index (χ0v) is 11.2. The van der Waals surface area contributed by atoms with Crippen LogP contribution in [0.25, 0.3) is 0 Å². The lowest BCUT2D eigenvalue weighted by Gasteiger charge is -2.14. The summed E-state index contributed by atoms with van der Waals surface area (Å²) in [6.07, 6.45) is 8.71. The number of unbranched alkanes of at least 4 members (excludes halogenated alkanes) is 4. The second-order valence-corrected chi connectivity index (χ2v) is 4.85. The van der Waals surface area contributed by atoms with Gasteiger partial charge in [-0.15, -0.1) is 0 Å². The Hall–Kier alpha value is -1.18. The van der Waals surface area contributed by atoms with Gasteiger partial charge in [0.25, 0.3) is 0 Å².